The van der Waals surface area contributed by atoms with Crippen molar-refractivity contribution in [1.29, 1.82) is 0 Å². The Morgan fingerprint density at radius 1 is 1.36 bits per heavy atom. The molecule has 0 unspecified atom stereocenters. The lowest BCUT2D eigenvalue weighted by Gasteiger charge is -2.23. The number of benzene rings is 1. The maximum absolute atomic E-state index is 12.2. The Bertz CT molecular complexity index is 621. The van der Waals surface area contributed by atoms with Gasteiger partial charge in [0.05, 0.1) is 6.54 Å². The molecule has 0 radical (unpaired) electrons. The molecule has 0 aliphatic carbocycles. The van der Waals surface area contributed by atoms with Gasteiger partial charge in [0.25, 0.3) is 0 Å². The second-order valence-corrected chi connectivity index (χ2v) is 5.70. The topological polar surface area (TPSA) is 99.1 Å². The molecule has 25 heavy (non-hydrogen) atoms. The number of nitrogens with zero attached hydrogens (tertiary/aromatic N) is 1. The molecular weight excluding hydrogens is 323 g/mol. The summed E-state index contributed by atoms with van der Waals surface area (Å²) in [7, 11) is -2.02. The third-order valence-corrected chi connectivity index (χ3v) is 3.80. The Balaban J connectivity index is 2.77. The Labute approximate surface area is 148 Å². The molecule has 0 aliphatic heterocycles. The molecule has 0 aromatic heterocycles. The average molecular weight is 348 g/mol. The highest BCUT2D eigenvalue weighted by Crippen LogP contribution is 2.12. The van der Waals surface area contributed by atoms with Gasteiger partial charge >= 0.3 is 7.32 Å². The third kappa shape index (κ3) is 7.09. The monoisotopic (exact) mass is 348 g/mol. The summed E-state index contributed by atoms with van der Waals surface area (Å²) in [5.41, 5.74) is 3.10. The standard InChI is InChI=1S/C17H25BN2O5/c1-5-17(22)20(6-2)11-15(21)19-16(25-18(23)24)10-14-8-7-12(3)13(4)9-14/h5,7-9,16,23-24H,1,6,10-11H2,2-4H3,(H,19,21)/t16-/m1/s1. The fourth-order valence-electron chi connectivity index (χ4n) is 2.30. The van der Waals surface area contributed by atoms with Crippen LogP contribution in [-0.4, -0.2) is 53.4 Å². The quantitative estimate of drug-likeness (QED) is 0.339. The number of hydrogen-bond acceptors (Lipinski definition) is 5. The summed E-state index contributed by atoms with van der Waals surface area (Å²) in [6.07, 6.45) is 0.454. The first-order valence-corrected chi connectivity index (χ1v) is 8.05. The van der Waals surface area contributed by atoms with Gasteiger partial charge in [0, 0.05) is 13.0 Å². The minimum absolute atomic E-state index is 0.171. The predicted molar refractivity (Wildman–Crippen MR) is 95.3 cm³/mol. The predicted octanol–water partition coefficient (Wildman–Crippen LogP) is 0.309. The molecule has 0 aliphatic rings. The first kappa shape index (κ1) is 20.9. The first-order chi connectivity index (χ1) is 11.8. The zero-order chi connectivity index (χ0) is 19.0. The van der Waals surface area contributed by atoms with E-state index in [0.29, 0.717) is 6.54 Å². The molecule has 1 aromatic rings. The van der Waals surface area contributed by atoms with Gasteiger partial charge in [-0.1, -0.05) is 24.8 Å². The van der Waals surface area contributed by atoms with Crippen molar-refractivity contribution < 1.29 is 24.3 Å². The number of carbonyl (C=O) groups is 2. The summed E-state index contributed by atoms with van der Waals surface area (Å²) < 4.78 is 4.95. The van der Waals surface area contributed by atoms with Gasteiger partial charge in [0.2, 0.25) is 11.8 Å². The van der Waals surface area contributed by atoms with Crippen molar-refractivity contribution in [1.82, 2.24) is 10.2 Å². The van der Waals surface area contributed by atoms with Crippen molar-refractivity contribution in [2.45, 2.75) is 33.4 Å². The van der Waals surface area contributed by atoms with Crippen molar-refractivity contribution in [2.75, 3.05) is 13.1 Å². The summed E-state index contributed by atoms with van der Waals surface area (Å²) in [5.74, 6) is -0.821. The Morgan fingerprint density at radius 2 is 2.04 bits per heavy atom. The number of likely N-dealkylation sites (N-methyl/N-ethyl adjacent to an activating group) is 1. The van der Waals surface area contributed by atoms with E-state index in [1.165, 1.54) is 4.90 Å². The molecule has 0 fully saturated rings. The summed E-state index contributed by atoms with van der Waals surface area (Å²) in [6, 6.07) is 5.77. The number of amides is 2. The van der Waals surface area contributed by atoms with Crippen LogP contribution in [0.1, 0.15) is 23.6 Å². The van der Waals surface area contributed by atoms with E-state index >= 15 is 0 Å². The van der Waals surface area contributed by atoms with Crippen molar-refractivity contribution in [3.8, 4) is 0 Å². The van der Waals surface area contributed by atoms with Crippen molar-refractivity contribution in [3.63, 3.8) is 0 Å². The summed E-state index contributed by atoms with van der Waals surface area (Å²) in [4.78, 5) is 25.1. The summed E-state index contributed by atoms with van der Waals surface area (Å²) in [5, 5.41) is 20.7. The van der Waals surface area contributed by atoms with Gasteiger partial charge in [-0.15, -0.1) is 0 Å². The second kappa shape index (κ2) is 9.98. The molecule has 2 amide bonds. The largest absolute Gasteiger partial charge is 0.635 e. The molecule has 7 nitrogen and oxygen atoms in total. The smallest absolute Gasteiger partial charge is 0.402 e. The number of hydrogen-bond donors (Lipinski definition) is 3. The van der Waals surface area contributed by atoms with Gasteiger partial charge in [0.15, 0.2) is 0 Å². The fraction of sp³-hybridized carbons (Fsp3) is 0.412. The van der Waals surface area contributed by atoms with E-state index in [2.05, 4.69) is 11.9 Å². The zero-order valence-corrected chi connectivity index (χ0v) is 14.9. The van der Waals surface area contributed by atoms with Crippen molar-refractivity contribution >= 4 is 19.1 Å². The molecule has 0 spiro atoms. The molecule has 0 saturated carbocycles. The van der Waals surface area contributed by atoms with Crippen LogP contribution in [-0.2, 0) is 20.7 Å². The first-order valence-electron chi connectivity index (χ1n) is 8.05. The number of carbonyl (C=O) groups excluding carboxylic acids is 2. The molecule has 136 valence electrons. The summed E-state index contributed by atoms with van der Waals surface area (Å²) >= 11 is 0. The van der Waals surface area contributed by atoms with Crippen molar-refractivity contribution in [3.05, 3.63) is 47.5 Å². The second-order valence-electron chi connectivity index (χ2n) is 5.70. The number of rotatable bonds is 9. The molecule has 1 atom stereocenters. The van der Waals surface area contributed by atoms with Crippen LogP contribution < -0.4 is 5.32 Å². The summed E-state index contributed by atoms with van der Waals surface area (Å²) in [6.45, 7) is 9.27. The van der Waals surface area contributed by atoms with E-state index in [0.717, 1.165) is 22.8 Å². The zero-order valence-electron chi connectivity index (χ0n) is 14.9. The Morgan fingerprint density at radius 3 is 2.56 bits per heavy atom. The van der Waals surface area contributed by atoms with Crippen LogP contribution in [0.5, 0.6) is 0 Å². The lowest BCUT2D eigenvalue weighted by atomic mass is 10.0. The van der Waals surface area contributed by atoms with Gasteiger partial charge in [-0.05, 0) is 43.5 Å². The number of aryl methyl sites for hydroxylation is 2. The van der Waals surface area contributed by atoms with E-state index in [1.54, 1.807) is 6.92 Å². The van der Waals surface area contributed by atoms with Crippen LogP contribution in [0, 0.1) is 13.8 Å². The van der Waals surface area contributed by atoms with E-state index in [9.17, 15) is 9.59 Å². The van der Waals surface area contributed by atoms with Gasteiger partial charge < -0.3 is 24.9 Å². The van der Waals surface area contributed by atoms with Crippen LogP contribution >= 0.6 is 0 Å². The van der Waals surface area contributed by atoms with Crippen LogP contribution in [0.25, 0.3) is 0 Å². The lowest BCUT2D eigenvalue weighted by Crippen LogP contribution is -2.47. The molecular formula is C17H25BN2O5. The Hall–Kier alpha value is -2.16. The highest BCUT2D eigenvalue weighted by atomic mass is 16.6. The van der Waals surface area contributed by atoms with Gasteiger partial charge in [-0.3, -0.25) is 9.59 Å². The lowest BCUT2D eigenvalue weighted by molar-refractivity contribution is -0.133. The number of nitrogens with one attached hydrogen (secondary N) is 1. The van der Waals surface area contributed by atoms with E-state index in [1.807, 2.05) is 32.0 Å². The third-order valence-electron chi connectivity index (χ3n) is 3.80. The van der Waals surface area contributed by atoms with Crippen molar-refractivity contribution in [2.24, 2.45) is 0 Å². The van der Waals surface area contributed by atoms with Crippen LogP contribution in [0.15, 0.2) is 30.9 Å². The highest BCUT2D eigenvalue weighted by molar-refractivity contribution is 6.32. The van der Waals surface area contributed by atoms with E-state index in [4.69, 9.17) is 14.7 Å². The Kier molecular flexibility index (Phi) is 8.34. The maximum Gasteiger partial charge on any atom is 0.635 e. The van der Waals surface area contributed by atoms with Gasteiger partial charge in [-0.2, -0.15) is 0 Å². The molecule has 0 bridgehead atoms. The van der Waals surface area contributed by atoms with Crippen LogP contribution in [0.3, 0.4) is 0 Å². The maximum atomic E-state index is 12.2. The van der Waals surface area contributed by atoms with E-state index < -0.39 is 19.5 Å². The molecule has 1 aromatic carbocycles. The van der Waals surface area contributed by atoms with Crippen LogP contribution in [0.4, 0.5) is 0 Å². The fourth-order valence-corrected chi connectivity index (χ4v) is 2.30. The molecule has 8 heteroatoms. The average Bonchev–Trinajstić information content (AvgIpc) is 2.54. The van der Waals surface area contributed by atoms with E-state index in [-0.39, 0.29) is 18.9 Å². The molecule has 1 rings (SSSR count). The molecule has 3 N–H and O–H groups in total. The minimum atomic E-state index is -2.02. The SMILES string of the molecule is C=CC(=O)N(CC)CC(=O)N[C@@H](Cc1ccc(C)c(C)c1)OB(O)O. The van der Waals surface area contributed by atoms with Crippen LogP contribution in [0.2, 0.25) is 0 Å². The van der Waals surface area contributed by atoms with Gasteiger partial charge in [0.1, 0.15) is 6.23 Å². The highest BCUT2D eigenvalue weighted by Gasteiger charge is 2.22. The molecule has 0 heterocycles. The normalized spacial score (nSPS) is 11.6. The van der Waals surface area contributed by atoms with Gasteiger partial charge in [-0.25, -0.2) is 0 Å². The minimum Gasteiger partial charge on any atom is -0.402 e. The molecule has 0 saturated heterocycles.